The summed E-state index contributed by atoms with van der Waals surface area (Å²) in [6, 6.07) is 4.61. The summed E-state index contributed by atoms with van der Waals surface area (Å²) in [6.45, 7) is 12.7. The summed E-state index contributed by atoms with van der Waals surface area (Å²) in [5.74, 6) is 0. The Morgan fingerprint density at radius 2 is 1.89 bits per heavy atom. The highest BCUT2D eigenvalue weighted by atomic mass is 15.1. The zero-order chi connectivity index (χ0) is 14.1. The average molecular weight is 245 g/mol. The maximum Gasteiger partial charge on any atom is 0.103 e. The molecule has 0 aliphatic carbocycles. The van der Waals surface area contributed by atoms with Gasteiger partial charge in [0, 0.05) is 18.8 Å². The van der Waals surface area contributed by atoms with Crippen molar-refractivity contribution >= 4 is 5.69 Å². The van der Waals surface area contributed by atoms with Crippen molar-refractivity contribution in [2.45, 2.75) is 47.6 Å². The molecule has 98 valence electrons. The first kappa shape index (κ1) is 14.5. The van der Waals surface area contributed by atoms with Crippen LogP contribution < -0.4 is 4.90 Å². The Kier molecular flexibility index (Phi) is 4.01. The van der Waals surface area contributed by atoms with Gasteiger partial charge >= 0.3 is 0 Å². The highest BCUT2D eigenvalue weighted by Crippen LogP contribution is 2.30. The lowest BCUT2D eigenvalue weighted by atomic mass is 9.86. The van der Waals surface area contributed by atoms with Crippen LogP contribution in [0.15, 0.2) is 6.07 Å². The molecule has 3 nitrogen and oxygen atoms in total. The number of anilines is 1. The van der Waals surface area contributed by atoms with Crippen LogP contribution in [-0.2, 0) is 0 Å². The molecule has 0 spiro atoms. The van der Waals surface area contributed by atoms with Crippen LogP contribution in [0.4, 0.5) is 5.69 Å². The zero-order valence-corrected chi connectivity index (χ0v) is 12.5. The Balaban J connectivity index is 3.29. The summed E-state index contributed by atoms with van der Waals surface area (Å²) in [7, 11) is 2.05. The van der Waals surface area contributed by atoms with Gasteiger partial charge in [-0.15, -0.1) is 0 Å². The summed E-state index contributed by atoms with van der Waals surface area (Å²) < 4.78 is 0. The second-order valence-corrected chi connectivity index (χ2v) is 6.01. The summed E-state index contributed by atoms with van der Waals surface area (Å²) >= 11 is 0. The summed E-state index contributed by atoms with van der Waals surface area (Å²) in [6.07, 6.45) is 0. The smallest absolute Gasteiger partial charge is 0.103 e. The van der Waals surface area contributed by atoms with E-state index in [1.54, 1.807) is 0 Å². The molecule has 0 aliphatic heterocycles. The van der Waals surface area contributed by atoms with E-state index >= 15 is 0 Å². The average Bonchev–Trinajstić information content (AvgIpc) is 2.24. The third-order valence-corrected chi connectivity index (χ3v) is 3.63. The van der Waals surface area contributed by atoms with Crippen molar-refractivity contribution < 1.29 is 0 Å². The quantitative estimate of drug-likeness (QED) is 0.801. The molecule has 0 amide bonds. The zero-order valence-electron chi connectivity index (χ0n) is 12.5. The van der Waals surface area contributed by atoms with E-state index in [2.05, 4.69) is 43.6 Å². The van der Waals surface area contributed by atoms with Gasteiger partial charge in [-0.25, -0.2) is 0 Å². The van der Waals surface area contributed by atoms with Gasteiger partial charge in [0.2, 0.25) is 0 Å². The highest BCUT2D eigenvalue weighted by Gasteiger charge is 2.26. The van der Waals surface area contributed by atoms with E-state index in [0.29, 0.717) is 11.6 Å². The van der Waals surface area contributed by atoms with Crippen molar-refractivity contribution in [3.05, 3.63) is 23.0 Å². The van der Waals surface area contributed by atoms with Gasteiger partial charge in [-0.2, -0.15) is 5.26 Å². The number of aryl methyl sites for hydroxylation is 2. The molecular formula is C15H23N3. The fraction of sp³-hybridized carbons (Fsp3) is 0.600. The molecule has 3 heteroatoms. The molecule has 1 rings (SSSR count). The van der Waals surface area contributed by atoms with E-state index in [0.717, 1.165) is 17.1 Å². The van der Waals surface area contributed by atoms with Crippen LogP contribution in [0.2, 0.25) is 0 Å². The molecule has 0 aliphatic rings. The van der Waals surface area contributed by atoms with E-state index in [1.165, 1.54) is 0 Å². The standard InChI is InChI=1S/C15H23N3/c1-10-8-14(13(9-16)11(2)17-10)18(7)12(3)15(4,5)6/h8,12H,1-7H3. The SMILES string of the molecule is Cc1cc(N(C)C(C)C(C)(C)C)c(C#N)c(C)n1. The van der Waals surface area contributed by atoms with Crippen LogP contribution in [-0.4, -0.2) is 18.1 Å². The largest absolute Gasteiger partial charge is 0.370 e. The highest BCUT2D eigenvalue weighted by molar-refractivity contribution is 5.61. The Bertz CT molecular complexity index is 478. The normalized spacial score (nSPS) is 13.0. The number of rotatable bonds is 2. The van der Waals surface area contributed by atoms with Crippen molar-refractivity contribution in [3.63, 3.8) is 0 Å². The molecule has 1 heterocycles. The first-order chi connectivity index (χ1) is 8.18. The number of nitriles is 1. The van der Waals surface area contributed by atoms with Crippen molar-refractivity contribution in [1.82, 2.24) is 4.98 Å². The molecule has 1 aromatic rings. The molecule has 1 atom stereocenters. The second kappa shape index (κ2) is 4.97. The number of aromatic nitrogens is 1. The van der Waals surface area contributed by atoms with E-state index < -0.39 is 0 Å². The van der Waals surface area contributed by atoms with Crippen LogP contribution in [0, 0.1) is 30.6 Å². The fourth-order valence-corrected chi connectivity index (χ4v) is 2.01. The number of hydrogen-bond donors (Lipinski definition) is 0. The van der Waals surface area contributed by atoms with E-state index in [-0.39, 0.29) is 5.41 Å². The lowest BCUT2D eigenvalue weighted by molar-refractivity contribution is 0.329. The van der Waals surface area contributed by atoms with Gasteiger partial charge in [-0.3, -0.25) is 4.98 Å². The lowest BCUT2D eigenvalue weighted by Crippen LogP contribution is -2.39. The van der Waals surface area contributed by atoms with Crippen molar-refractivity contribution in [1.29, 1.82) is 5.26 Å². The predicted octanol–water partition coefficient (Wildman–Crippen LogP) is 3.44. The number of hydrogen-bond acceptors (Lipinski definition) is 3. The minimum atomic E-state index is 0.159. The summed E-state index contributed by atoms with van der Waals surface area (Å²) in [5.41, 5.74) is 3.58. The maximum atomic E-state index is 9.31. The third-order valence-electron chi connectivity index (χ3n) is 3.63. The van der Waals surface area contributed by atoms with E-state index in [4.69, 9.17) is 0 Å². The summed E-state index contributed by atoms with van der Waals surface area (Å²) in [5, 5.41) is 9.31. The molecule has 0 N–H and O–H groups in total. The maximum absolute atomic E-state index is 9.31. The van der Waals surface area contributed by atoms with Gasteiger partial charge < -0.3 is 4.90 Å². The monoisotopic (exact) mass is 245 g/mol. The number of pyridine rings is 1. The van der Waals surface area contributed by atoms with Crippen molar-refractivity contribution in [2.75, 3.05) is 11.9 Å². The predicted molar refractivity (Wildman–Crippen MR) is 75.7 cm³/mol. The van der Waals surface area contributed by atoms with Gasteiger partial charge in [-0.1, -0.05) is 20.8 Å². The minimum absolute atomic E-state index is 0.159. The van der Waals surface area contributed by atoms with Crippen LogP contribution in [0.1, 0.15) is 44.6 Å². The molecule has 0 fully saturated rings. The van der Waals surface area contributed by atoms with Gasteiger partial charge in [0.05, 0.1) is 16.9 Å². The molecule has 0 radical (unpaired) electrons. The van der Waals surface area contributed by atoms with Crippen molar-refractivity contribution in [2.24, 2.45) is 5.41 Å². The van der Waals surface area contributed by atoms with Crippen LogP contribution >= 0.6 is 0 Å². The Labute approximate surface area is 110 Å². The fourth-order valence-electron chi connectivity index (χ4n) is 2.01. The molecule has 0 aromatic carbocycles. The van der Waals surface area contributed by atoms with Gasteiger partial charge in [0.25, 0.3) is 0 Å². The van der Waals surface area contributed by atoms with E-state index in [1.807, 2.05) is 27.0 Å². The molecule has 0 saturated heterocycles. The van der Waals surface area contributed by atoms with Crippen LogP contribution in [0.25, 0.3) is 0 Å². The number of nitrogens with zero attached hydrogens (tertiary/aromatic N) is 3. The lowest BCUT2D eigenvalue weighted by Gasteiger charge is -2.37. The first-order valence-electron chi connectivity index (χ1n) is 6.29. The van der Waals surface area contributed by atoms with Crippen molar-refractivity contribution in [3.8, 4) is 6.07 Å². The first-order valence-corrected chi connectivity index (χ1v) is 6.29. The second-order valence-electron chi connectivity index (χ2n) is 6.01. The van der Waals surface area contributed by atoms with E-state index in [9.17, 15) is 5.26 Å². The summed E-state index contributed by atoms with van der Waals surface area (Å²) in [4.78, 5) is 6.54. The Morgan fingerprint density at radius 1 is 1.33 bits per heavy atom. The van der Waals surface area contributed by atoms with Crippen LogP contribution in [0.5, 0.6) is 0 Å². The molecule has 0 saturated carbocycles. The molecule has 18 heavy (non-hydrogen) atoms. The van der Waals surface area contributed by atoms with Gasteiger partial charge in [0.1, 0.15) is 6.07 Å². The van der Waals surface area contributed by atoms with Gasteiger partial charge in [0.15, 0.2) is 0 Å². The molecule has 1 unspecified atom stereocenters. The molecular weight excluding hydrogens is 222 g/mol. The van der Waals surface area contributed by atoms with Crippen LogP contribution in [0.3, 0.4) is 0 Å². The third kappa shape index (κ3) is 2.81. The Hall–Kier alpha value is -1.56. The molecule has 0 bridgehead atoms. The topological polar surface area (TPSA) is 39.9 Å². The molecule has 1 aromatic heterocycles. The Morgan fingerprint density at radius 3 is 2.33 bits per heavy atom. The van der Waals surface area contributed by atoms with Gasteiger partial charge in [-0.05, 0) is 32.3 Å². The minimum Gasteiger partial charge on any atom is -0.370 e.